The minimum absolute atomic E-state index is 0. The van der Waals surface area contributed by atoms with E-state index in [0.717, 1.165) is 103 Å². The van der Waals surface area contributed by atoms with Crippen LogP contribution in [0.1, 0.15) is 402 Å². The van der Waals surface area contributed by atoms with Gasteiger partial charge in [-0.2, -0.15) is 10.5 Å². The molecule has 0 aromatic carbocycles. The number of furan rings is 1. The van der Waals surface area contributed by atoms with Crippen LogP contribution in [-0.2, 0) is 69.4 Å². The molecule has 9 aromatic rings. The topological polar surface area (TPSA) is 396 Å². The molecule has 1 unspecified atom stereocenters. The highest BCUT2D eigenvalue weighted by molar-refractivity contribution is 8.05. The van der Waals surface area contributed by atoms with Gasteiger partial charge in [0, 0.05) is 143 Å². The summed E-state index contributed by atoms with van der Waals surface area (Å²) in [5.41, 5.74) is 15.3. The Morgan fingerprint density at radius 1 is 0.477 bits per heavy atom. The van der Waals surface area contributed by atoms with Gasteiger partial charge in [-0.05, 0) is 45.9 Å². The zero-order chi connectivity index (χ0) is 95.8. The second-order valence-corrected chi connectivity index (χ2v) is 45.3. The van der Waals surface area contributed by atoms with Gasteiger partial charge in [0.15, 0.2) is 15.5 Å². The number of aryl methyl sites for hydroxylation is 4. The lowest BCUT2D eigenvalue weighted by Gasteiger charge is -2.16. The van der Waals surface area contributed by atoms with E-state index in [0.29, 0.717) is 33.9 Å². The molecule has 1 amide bonds. The van der Waals surface area contributed by atoms with E-state index >= 15 is 0 Å². The Morgan fingerprint density at radius 2 is 0.869 bits per heavy atom. The summed E-state index contributed by atoms with van der Waals surface area (Å²) in [6, 6.07) is 9.55. The molecular weight excluding hydrogens is 1710 g/mol. The Bertz CT molecular complexity index is 5030. The van der Waals surface area contributed by atoms with Crippen molar-refractivity contribution >= 4 is 59.8 Å². The maximum atomic E-state index is 11.1. The van der Waals surface area contributed by atoms with Gasteiger partial charge in [0.2, 0.25) is 5.76 Å². The van der Waals surface area contributed by atoms with Crippen molar-refractivity contribution in [3.63, 3.8) is 0 Å². The first kappa shape index (κ1) is 133. The number of nitrogens with two attached hydrogens (primary N) is 1. The average molecular weight is 1880 g/mol. The van der Waals surface area contributed by atoms with Gasteiger partial charge in [-0.1, -0.05) is 328 Å². The first-order valence-electron chi connectivity index (χ1n) is 40.6. The van der Waals surface area contributed by atoms with E-state index in [4.69, 9.17) is 56.7 Å². The van der Waals surface area contributed by atoms with Gasteiger partial charge < -0.3 is 50.0 Å². The number of imidazole rings is 7. The summed E-state index contributed by atoms with van der Waals surface area (Å²) in [5, 5.41) is 19.4. The Labute approximate surface area is 800 Å². The number of carbonyl (C=O) groups excluding carboxylic acids is 1. The van der Waals surface area contributed by atoms with E-state index in [2.05, 4.69) is 269 Å². The summed E-state index contributed by atoms with van der Waals surface area (Å²) in [7, 11) is -4.00. The maximum absolute atomic E-state index is 11.1. The first-order valence-corrected chi connectivity index (χ1v) is 44.8. The van der Waals surface area contributed by atoms with E-state index in [9.17, 15) is 17.4 Å². The lowest BCUT2D eigenvalue weighted by molar-refractivity contribution is 0.0995. The van der Waals surface area contributed by atoms with Crippen LogP contribution in [0.3, 0.4) is 0 Å². The van der Waals surface area contributed by atoms with E-state index in [1.165, 1.54) is 18.1 Å². The maximum Gasteiger partial charge on any atom is 0.266 e. The molecule has 1 atom stereocenters. The van der Waals surface area contributed by atoms with Crippen LogP contribution in [0.15, 0.2) is 93.3 Å². The lowest BCUT2D eigenvalue weighted by Crippen LogP contribution is -2.15. The van der Waals surface area contributed by atoms with E-state index < -0.39 is 26.5 Å². The number of nitrogens with zero attached hydrogens (tertiary/aromatic N) is 11. The summed E-state index contributed by atoms with van der Waals surface area (Å²) in [4.78, 5) is 73.0. The largest absolute Gasteiger partial charge is 0.450 e. The molecule has 11 rings (SSSR count). The van der Waals surface area contributed by atoms with Gasteiger partial charge in [-0.3, -0.25) is 9.00 Å². The van der Waals surface area contributed by atoms with Crippen LogP contribution in [0, 0.1) is 85.9 Å². The fraction of sp³-hybridized carbons (Fsp3) is 0.584. The number of allylic oxidation sites excluding steroid dienone is 4. The van der Waals surface area contributed by atoms with Crippen molar-refractivity contribution < 1.29 is 21.8 Å². The molecule has 0 spiro atoms. The Balaban J connectivity index is -0.000000255. The van der Waals surface area contributed by atoms with Crippen LogP contribution >= 0.6 is 23.2 Å². The number of amides is 1. The van der Waals surface area contributed by atoms with E-state index in [1.54, 1.807) is 24.7 Å². The molecule has 0 saturated heterocycles. The molecule has 0 aliphatic carbocycles. The minimum Gasteiger partial charge on any atom is -0.450 e. The summed E-state index contributed by atoms with van der Waals surface area (Å²) >= 11 is 11.4. The normalized spacial score (nSPS) is 12.4. The molecule has 10 N–H and O–H groups in total. The molecule has 2 aliphatic heterocycles. The number of halogens is 2. The standard InChI is InChI=1S/C10H13N.C9H13N3.C9H12N2.C9H15NO2S.C9H15NOS.C9H11NO.C8H13ClN2.C8H13N3O.2C8H14N2.C7H11ClN2.7CH4/c1-5-8-6-9(11-7-8)10(2,3)4;1-6-7(5-10)12-8(11-6)9(2,3)4;1-5-7-6-10-8(11-7)9(2,3)4;1-9(2,3)7-5-6-8(10-7)13(4,11)12;1-9(2,3)7-5-6-8(10-7)12(4)11;1-9(2,3)8-5-4-7(6-10)11-8;1-5-6(9)11-7(10-5)8(2,3)4;1-8(2,3)7-10-4-5(11-7)6(9)12;2*1-6-5-9-7(10-6)8(2,3)4;1-7(2,3)6-9-4-5(8)10-6;;;;;;;/h1,6-7,11H,2-4H3;1-4H3,(H,11,12);1,6H,2-4H3,(H,10,11);5H,6H2,1-4H3;5H,6H2,1-4H3;4-5H,1-3H3;1-4H3,(H,10,11);4H,1-3H3,(H2,9,12)(H,10,11);2*5H,1-4H3,(H,9,10);4H,1-3H3,(H,9,10);7*1H4. The molecular formula is C101H172Cl2N20O5S2. The number of primary amides is 1. The zero-order valence-corrected chi connectivity index (χ0v) is 84.2. The predicted octanol–water partition coefficient (Wildman–Crippen LogP) is 26.5. The van der Waals surface area contributed by atoms with E-state index in [1.807, 2.05) is 139 Å². The monoisotopic (exact) mass is 1880 g/mol. The van der Waals surface area contributed by atoms with Crippen LogP contribution in [0.5, 0.6) is 0 Å². The van der Waals surface area contributed by atoms with Crippen LogP contribution in [-0.4, -0.2) is 116 Å². The average Bonchev–Trinajstić information content (AvgIpc) is 1.67. The first-order chi connectivity index (χ1) is 55.5. The summed E-state index contributed by atoms with van der Waals surface area (Å²) < 4.78 is 38.6. The molecule has 11 heterocycles. The van der Waals surface area contributed by atoms with Crippen LogP contribution in [0.4, 0.5) is 0 Å². The van der Waals surface area contributed by atoms with Gasteiger partial charge in [0.05, 0.1) is 35.1 Å². The van der Waals surface area contributed by atoms with Crippen molar-refractivity contribution in [3.05, 3.63) is 193 Å². The van der Waals surface area contributed by atoms with Crippen LogP contribution in [0.2, 0.25) is 10.3 Å². The van der Waals surface area contributed by atoms with Gasteiger partial charge >= 0.3 is 0 Å². The zero-order valence-electron chi connectivity index (χ0n) is 81.0. The number of sulfone groups is 1. The molecule has 25 nitrogen and oxygen atoms in total. The number of hydrogen-bond acceptors (Lipinski definition) is 16. The SMILES string of the molecule is C.C.C.C.C.C.C.C#Cc1c[nH]c(C(C)(C)C)c1.C#Cc1cnc(C(C)(C)C)[nH]1.CC(C)(C)C1=CCC(S(C)(=O)=O)=N1.CC(C)(C)c1ccc(C#N)o1.CC(C)(C)c1ncc(C(N)=O)[nH]1.CC(C)(C)c1ncc(Cl)[nH]1.CS(=O)C1=NC(C(C)(C)C)=CC1.Cc1[nH]c(C(C)(C)C)nc1C#N.Cc1[nH]c(C(C)(C)C)nc1Cl.Cc1cnc(C(C)(C)C)[nH]1.Cc1cnc(C(C)(C)C)[nH]1. The second kappa shape index (κ2) is 54.2. The second-order valence-electron chi connectivity index (χ2n) is 41.2. The van der Waals surface area contributed by atoms with Crippen LogP contribution in [0.25, 0.3) is 0 Å². The number of carbonyl (C=O) groups is 1. The van der Waals surface area contributed by atoms with Crippen molar-refractivity contribution in [2.45, 2.75) is 370 Å². The summed E-state index contributed by atoms with van der Waals surface area (Å²) in [6.45, 7) is 76.7. The number of aromatic amines is 8. The molecule has 29 heteroatoms. The number of hydrogen-bond donors (Lipinski definition) is 9. The van der Waals surface area contributed by atoms with Gasteiger partial charge in [-0.15, -0.1) is 12.8 Å². The highest BCUT2D eigenvalue weighted by Crippen LogP contribution is 2.33. The third kappa shape index (κ3) is 48.3. The number of aliphatic imine (C=N–C) groups is 2. The van der Waals surface area contributed by atoms with Gasteiger partial charge in [-0.25, -0.2) is 53.3 Å². The third-order valence-corrected chi connectivity index (χ3v) is 19.7. The Morgan fingerprint density at radius 3 is 1.08 bits per heavy atom. The molecule has 732 valence electrons. The van der Waals surface area contributed by atoms with Gasteiger partial charge in [0.1, 0.15) is 90.5 Å². The number of aromatic nitrogens is 15. The predicted molar refractivity (Wildman–Crippen MR) is 556 cm³/mol. The number of rotatable bonds is 1. The van der Waals surface area contributed by atoms with Gasteiger partial charge in [0.25, 0.3) is 5.91 Å². The third-order valence-electron chi connectivity index (χ3n) is 17.2. The Kier molecular flexibility index (Phi) is 55.5. The molecule has 0 saturated carbocycles. The quantitative estimate of drug-likeness (QED) is 0.0690. The van der Waals surface area contributed by atoms with Crippen molar-refractivity contribution in [1.29, 1.82) is 10.5 Å². The highest BCUT2D eigenvalue weighted by atomic mass is 35.5. The molecule has 2 aliphatic rings. The highest BCUT2D eigenvalue weighted by Gasteiger charge is 2.28. The number of terminal acetylenes is 2. The fourth-order valence-corrected chi connectivity index (χ4v) is 10.9. The van der Waals surface area contributed by atoms with Crippen molar-refractivity contribution in [1.82, 2.24) is 74.8 Å². The smallest absolute Gasteiger partial charge is 0.266 e. The van der Waals surface area contributed by atoms with Crippen molar-refractivity contribution in [2.75, 3.05) is 12.5 Å². The summed E-state index contributed by atoms with van der Waals surface area (Å²) in [6.07, 6.45) is 28.8. The number of nitriles is 2. The van der Waals surface area contributed by atoms with Crippen molar-refractivity contribution in [2.24, 2.45) is 26.5 Å². The summed E-state index contributed by atoms with van der Waals surface area (Å²) in [5.74, 6) is 12.4. The molecule has 0 radical (unpaired) electrons. The number of H-pyrrole nitrogens is 8. The van der Waals surface area contributed by atoms with Crippen LogP contribution < -0.4 is 5.73 Å². The fourth-order valence-electron chi connectivity index (χ4n) is 9.48. The van der Waals surface area contributed by atoms with E-state index in [-0.39, 0.29) is 117 Å². The van der Waals surface area contributed by atoms with Crippen molar-refractivity contribution in [3.8, 4) is 36.8 Å². The lowest BCUT2D eigenvalue weighted by atomic mass is 9.92. The Hall–Kier alpha value is -9.90. The molecule has 0 bridgehead atoms. The number of nitrogens with one attached hydrogen (secondary N) is 8. The molecule has 9 aromatic heterocycles. The molecule has 0 fully saturated rings. The minimum atomic E-state index is -3.10. The molecule has 130 heavy (non-hydrogen) atoms.